The van der Waals surface area contributed by atoms with Crippen molar-refractivity contribution in [2.45, 2.75) is 72.8 Å². The van der Waals surface area contributed by atoms with Crippen molar-refractivity contribution in [2.75, 3.05) is 19.6 Å². The Kier molecular flexibility index (Phi) is 7.90. The van der Waals surface area contributed by atoms with E-state index in [0.717, 1.165) is 17.7 Å². The minimum atomic E-state index is -0.832. The highest BCUT2D eigenvalue weighted by atomic mass is 16.2. The SMILES string of the molecule is CCCC1(CCC)NC(=O)N(CC(=O)N(CC(C)C)CC(C)C)C1=O. The second kappa shape index (κ2) is 9.20. The molecule has 1 aliphatic rings. The number of imide groups is 1. The molecule has 6 nitrogen and oxygen atoms in total. The zero-order valence-electron chi connectivity index (χ0n) is 16.7. The van der Waals surface area contributed by atoms with E-state index in [1.807, 2.05) is 13.8 Å². The summed E-state index contributed by atoms with van der Waals surface area (Å²) < 4.78 is 0. The number of hydrogen-bond acceptors (Lipinski definition) is 3. The second-order valence-electron chi connectivity index (χ2n) is 7.99. The van der Waals surface area contributed by atoms with Gasteiger partial charge in [0.15, 0.2) is 0 Å². The number of hydrogen-bond donors (Lipinski definition) is 1. The summed E-state index contributed by atoms with van der Waals surface area (Å²) >= 11 is 0. The molecule has 1 N–H and O–H groups in total. The van der Waals surface area contributed by atoms with Gasteiger partial charge in [-0.1, -0.05) is 54.4 Å². The minimum Gasteiger partial charge on any atom is -0.341 e. The van der Waals surface area contributed by atoms with Crippen molar-refractivity contribution in [2.24, 2.45) is 11.8 Å². The van der Waals surface area contributed by atoms with E-state index in [1.54, 1.807) is 4.90 Å². The van der Waals surface area contributed by atoms with Crippen molar-refractivity contribution in [3.8, 4) is 0 Å². The molecule has 0 spiro atoms. The van der Waals surface area contributed by atoms with Crippen molar-refractivity contribution < 1.29 is 14.4 Å². The first-order chi connectivity index (χ1) is 11.7. The fourth-order valence-corrected chi connectivity index (χ4v) is 3.53. The van der Waals surface area contributed by atoms with Crippen LogP contribution in [0.4, 0.5) is 4.79 Å². The van der Waals surface area contributed by atoms with E-state index in [2.05, 4.69) is 33.0 Å². The average Bonchev–Trinajstić information content (AvgIpc) is 2.71. The van der Waals surface area contributed by atoms with E-state index >= 15 is 0 Å². The third kappa shape index (κ3) is 5.44. The Balaban J connectivity index is 2.90. The largest absolute Gasteiger partial charge is 0.341 e. The van der Waals surface area contributed by atoms with Gasteiger partial charge >= 0.3 is 6.03 Å². The van der Waals surface area contributed by atoms with Crippen LogP contribution in [0, 0.1) is 11.8 Å². The molecule has 0 aromatic heterocycles. The third-order valence-electron chi connectivity index (χ3n) is 4.42. The van der Waals surface area contributed by atoms with E-state index in [9.17, 15) is 14.4 Å². The standard InChI is InChI=1S/C19H35N3O3/c1-7-9-19(10-8-2)17(24)22(18(25)20-19)13-16(23)21(11-14(3)4)12-15(5)6/h14-15H,7-13H2,1-6H3,(H,20,25). The molecule has 0 atom stereocenters. The second-order valence-corrected chi connectivity index (χ2v) is 7.99. The van der Waals surface area contributed by atoms with E-state index in [-0.39, 0.29) is 18.4 Å². The topological polar surface area (TPSA) is 69.7 Å². The monoisotopic (exact) mass is 353 g/mol. The normalized spacial score (nSPS) is 16.7. The summed E-state index contributed by atoms with van der Waals surface area (Å²) in [4.78, 5) is 40.9. The summed E-state index contributed by atoms with van der Waals surface area (Å²) in [5, 5.41) is 2.86. The lowest BCUT2D eigenvalue weighted by Gasteiger charge is -2.28. The number of nitrogens with zero attached hydrogens (tertiary/aromatic N) is 2. The summed E-state index contributed by atoms with van der Waals surface area (Å²) in [5.41, 5.74) is -0.832. The first kappa shape index (κ1) is 21.5. The molecule has 1 heterocycles. The maximum Gasteiger partial charge on any atom is 0.325 e. The molecule has 1 aliphatic heterocycles. The van der Waals surface area contributed by atoms with Crippen LogP contribution in [-0.2, 0) is 9.59 Å². The van der Waals surface area contributed by atoms with Gasteiger partial charge < -0.3 is 10.2 Å². The van der Waals surface area contributed by atoms with E-state index in [1.165, 1.54) is 0 Å². The Morgan fingerprint density at radius 1 is 1.04 bits per heavy atom. The molecule has 6 heteroatoms. The number of carbonyl (C=O) groups is 3. The summed E-state index contributed by atoms with van der Waals surface area (Å²) in [7, 11) is 0. The van der Waals surface area contributed by atoms with Crippen LogP contribution in [0.2, 0.25) is 0 Å². The zero-order valence-corrected chi connectivity index (χ0v) is 16.7. The first-order valence-corrected chi connectivity index (χ1v) is 9.58. The van der Waals surface area contributed by atoms with Crippen LogP contribution in [0.25, 0.3) is 0 Å². The van der Waals surface area contributed by atoms with Gasteiger partial charge in [-0.2, -0.15) is 0 Å². The number of rotatable bonds is 10. The molecule has 144 valence electrons. The molecule has 25 heavy (non-hydrogen) atoms. The van der Waals surface area contributed by atoms with Crippen LogP contribution in [0.3, 0.4) is 0 Å². The summed E-state index contributed by atoms with van der Waals surface area (Å²) in [5.74, 6) is 0.272. The molecule has 0 aromatic rings. The lowest BCUT2D eigenvalue weighted by atomic mass is 9.88. The Hall–Kier alpha value is -1.59. The quantitative estimate of drug-likeness (QED) is 0.614. The summed E-state index contributed by atoms with van der Waals surface area (Å²) in [6.07, 6.45) is 2.83. The van der Waals surface area contributed by atoms with Crippen LogP contribution >= 0.6 is 0 Å². The van der Waals surface area contributed by atoms with Gasteiger partial charge in [-0.15, -0.1) is 0 Å². The maximum absolute atomic E-state index is 12.9. The highest BCUT2D eigenvalue weighted by Gasteiger charge is 2.50. The number of carbonyl (C=O) groups excluding carboxylic acids is 3. The van der Waals surface area contributed by atoms with Crippen molar-refractivity contribution >= 4 is 17.8 Å². The van der Waals surface area contributed by atoms with Crippen molar-refractivity contribution in [1.29, 1.82) is 0 Å². The lowest BCUT2D eigenvalue weighted by Crippen LogP contribution is -2.48. The van der Waals surface area contributed by atoms with Gasteiger partial charge in [-0.3, -0.25) is 14.5 Å². The fourth-order valence-electron chi connectivity index (χ4n) is 3.53. The van der Waals surface area contributed by atoms with Gasteiger partial charge in [0, 0.05) is 13.1 Å². The van der Waals surface area contributed by atoms with Gasteiger partial charge in [0.2, 0.25) is 5.91 Å². The summed E-state index contributed by atoms with van der Waals surface area (Å²) in [6.45, 7) is 13.3. The van der Waals surface area contributed by atoms with Crippen molar-refractivity contribution in [3.63, 3.8) is 0 Å². The van der Waals surface area contributed by atoms with Crippen LogP contribution in [0.1, 0.15) is 67.2 Å². The van der Waals surface area contributed by atoms with Crippen LogP contribution < -0.4 is 5.32 Å². The highest BCUT2D eigenvalue weighted by molar-refractivity contribution is 6.09. The highest BCUT2D eigenvalue weighted by Crippen LogP contribution is 2.28. The fraction of sp³-hybridized carbons (Fsp3) is 0.842. The molecule has 0 aliphatic carbocycles. The Bertz CT molecular complexity index is 472. The Morgan fingerprint density at radius 3 is 1.92 bits per heavy atom. The molecule has 0 radical (unpaired) electrons. The number of amides is 4. The van der Waals surface area contributed by atoms with E-state index in [0.29, 0.717) is 37.8 Å². The molecule has 1 fully saturated rings. The molecule has 0 aromatic carbocycles. The van der Waals surface area contributed by atoms with Crippen LogP contribution in [-0.4, -0.2) is 52.8 Å². The third-order valence-corrected chi connectivity index (χ3v) is 4.42. The molecular formula is C19H35N3O3. The minimum absolute atomic E-state index is 0.158. The molecular weight excluding hydrogens is 318 g/mol. The first-order valence-electron chi connectivity index (χ1n) is 9.58. The zero-order chi connectivity index (χ0) is 19.2. The van der Waals surface area contributed by atoms with Crippen molar-refractivity contribution in [1.82, 2.24) is 15.1 Å². The van der Waals surface area contributed by atoms with E-state index < -0.39 is 11.6 Å². The van der Waals surface area contributed by atoms with E-state index in [4.69, 9.17) is 0 Å². The molecule has 4 amide bonds. The predicted octanol–water partition coefficient (Wildman–Crippen LogP) is 3.02. The molecule has 0 saturated carbocycles. The molecule has 1 saturated heterocycles. The smallest absolute Gasteiger partial charge is 0.325 e. The Morgan fingerprint density at radius 2 is 1.52 bits per heavy atom. The lowest BCUT2D eigenvalue weighted by molar-refractivity contribution is -0.139. The number of nitrogens with one attached hydrogen (secondary N) is 1. The van der Waals surface area contributed by atoms with Crippen LogP contribution in [0.5, 0.6) is 0 Å². The molecule has 0 bridgehead atoms. The molecule has 1 rings (SSSR count). The average molecular weight is 354 g/mol. The van der Waals surface area contributed by atoms with Crippen LogP contribution in [0.15, 0.2) is 0 Å². The van der Waals surface area contributed by atoms with Gasteiger partial charge in [-0.05, 0) is 24.7 Å². The van der Waals surface area contributed by atoms with Crippen molar-refractivity contribution in [3.05, 3.63) is 0 Å². The van der Waals surface area contributed by atoms with Gasteiger partial charge in [0.05, 0.1) is 0 Å². The predicted molar refractivity (Wildman–Crippen MR) is 99.0 cm³/mol. The van der Waals surface area contributed by atoms with Gasteiger partial charge in [0.25, 0.3) is 5.91 Å². The molecule has 0 unspecified atom stereocenters. The number of urea groups is 1. The maximum atomic E-state index is 12.9. The summed E-state index contributed by atoms with van der Waals surface area (Å²) in [6, 6.07) is -0.436. The Labute approximate surface area is 152 Å². The van der Waals surface area contributed by atoms with Gasteiger partial charge in [0.1, 0.15) is 12.1 Å². The van der Waals surface area contributed by atoms with Gasteiger partial charge in [-0.25, -0.2) is 4.79 Å².